The number of hydrogen-bond donors (Lipinski definition) is 2. The van der Waals surface area contributed by atoms with Crippen molar-refractivity contribution in [3.63, 3.8) is 0 Å². The Bertz CT molecular complexity index is 449. The lowest BCUT2D eigenvalue weighted by Crippen LogP contribution is -2.39. The molecule has 3 N–H and O–H groups in total. The van der Waals surface area contributed by atoms with E-state index < -0.39 is 5.91 Å². The molecule has 100 valence electrons. The fourth-order valence-electron chi connectivity index (χ4n) is 2.44. The molecule has 0 unspecified atom stereocenters. The van der Waals surface area contributed by atoms with E-state index in [2.05, 4.69) is 10.4 Å². The maximum Gasteiger partial charge on any atom is 0.256 e. The lowest BCUT2D eigenvalue weighted by atomic mass is 9.82. The molecule has 0 aliphatic heterocycles. The van der Waals surface area contributed by atoms with Gasteiger partial charge < -0.3 is 15.8 Å². The van der Waals surface area contributed by atoms with Gasteiger partial charge in [0.05, 0.1) is 5.69 Å². The molecule has 0 spiro atoms. The first-order valence-corrected chi connectivity index (χ1v) is 6.17. The smallest absolute Gasteiger partial charge is 0.256 e. The van der Waals surface area contributed by atoms with Crippen molar-refractivity contribution < 1.29 is 9.53 Å². The van der Waals surface area contributed by atoms with Crippen LogP contribution in [0.25, 0.3) is 0 Å². The molecule has 1 fully saturated rings. The maximum absolute atomic E-state index is 11.4. The molecule has 1 saturated carbocycles. The fraction of sp³-hybridized carbons (Fsp3) is 0.667. The summed E-state index contributed by atoms with van der Waals surface area (Å²) in [5.41, 5.74) is 6.37. The Morgan fingerprint density at radius 2 is 2.28 bits per heavy atom. The minimum absolute atomic E-state index is 0.163. The van der Waals surface area contributed by atoms with Crippen LogP contribution in [0.5, 0.6) is 5.88 Å². The van der Waals surface area contributed by atoms with Gasteiger partial charge in [-0.3, -0.25) is 4.79 Å². The summed E-state index contributed by atoms with van der Waals surface area (Å²) in [5, 5.41) is 7.33. The molecule has 1 heterocycles. The number of ether oxygens (including phenoxy) is 1. The first-order chi connectivity index (χ1) is 8.52. The van der Waals surface area contributed by atoms with Gasteiger partial charge in [-0.1, -0.05) is 0 Å². The molecule has 0 bridgehead atoms. The molecule has 1 aliphatic carbocycles. The molecule has 6 heteroatoms. The number of hydrogen-bond acceptors (Lipinski definition) is 4. The number of nitrogens with one attached hydrogen (secondary N) is 1. The van der Waals surface area contributed by atoms with Crippen LogP contribution in [0.1, 0.15) is 28.9 Å². The average molecular weight is 252 g/mol. The van der Waals surface area contributed by atoms with Gasteiger partial charge in [-0.05, 0) is 39.3 Å². The zero-order chi connectivity index (χ0) is 13.3. The third-order valence-corrected chi connectivity index (χ3v) is 3.38. The van der Waals surface area contributed by atoms with E-state index in [9.17, 15) is 4.79 Å². The predicted molar refractivity (Wildman–Crippen MR) is 67.5 cm³/mol. The standard InChI is InChI=1S/C12H20N4O2/c1-7-10(11(13)17)12(16(3)15-7)18-9-4-8(5-9)6-14-2/h8-9,14H,4-6H2,1-3H3,(H2,13,17). The molecule has 6 nitrogen and oxygen atoms in total. The SMILES string of the molecule is CNCC1CC(Oc2c(C(N)=O)c(C)nn2C)C1. The number of aryl methyl sites for hydroxylation is 2. The largest absolute Gasteiger partial charge is 0.474 e. The number of aromatic nitrogens is 2. The van der Waals surface area contributed by atoms with Crippen LogP contribution in [0, 0.1) is 12.8 Å². The van der Waals surface area contributed by atoms with E-state index in [0.29, 0.717) is 23.1 Å². The molecule has 1 amide bonds. The molecule has 18 heavy (non-hydrogen) atoms. The van der Waals surface area contributed by atoms with Crippen LogP contribution in [0.3, 0.4) is 0 Å². The van der Waals surface area contributed by atoms with Gasteiger partial charge in [0.15, 0.2) is 0 Å². The summed E-state index contributed by atoms with van der Waals surface area (Å²) in [5.74, 6) is 0.668. The van der Waals surface area contributed by atoms with Gasteiger partial charge in [0.2, 0.25) is 5.88 Å². The molecule has 0 radical (unpaired) electrons. The molecular weight excluding hydrogens is 232 g/mol. The normalized spacial score (nSPS) is 22.6. The Balaban J connectivity index is 2.04. The van der Waals surface area contributed by atoms with E-state index in [0.717, 1.165) is 19.4 Å². The number of carbonyl (C=O) groups excluding carboxylic acids is 1. The van der Waals surface area contributed by atoms with Crippen LogP contribution in [0.4, 0.5) is 0 Å². The molecule has 1 aromatic rings. The monoisotopic (exact) mass is 252 g/mol. The van der Waals surface area contributed by atoms with E-state index in [1.165, 1.54) is 0 Å². The maximum atomic E-state index is 11.4. The topological polar surface area (TPSA) is 82.2 Å². The van der Waals surface area contributed by atoms with E-state index >= 15 is 0 Å². The molecule has 0 atom stereocenters. The average Bonchev–Trinajstić information content (AvgIpc) is 2.50. The van der Waals surface area contributed by atoms with Gasteiger partial charge in [0, 0.05) is 7.05 Å². The predicted octanol–water partition coefficient (Wildman–Crippen LogP) is 0.204. The number of carbonyl (C=O) groups is 1. The Kier molecular flexibility index (Phi) is 3.56. The summed E-state index contributed by atoms with van der Waals surface area (Å²) in [6, 6.07) is 0. The number of rotatable bonds is 5. The summed E-state index contributed by atoms with van der Waals surface area (Å²) in [4.78, 5) is 11.4. The molecule has 2 rings (SSSR count). The highest BCUT2D eigenvalue weighted by atomic mass is 16.5. The number of nitrogens with two attached hydrogens (primary N) is 1. The molecule has 1 aliphatic rings. The minimum atomic E-state index is -0.485. The summed E-state index contributed by atoms with van der Waals surface area (Å²) in [6.07, 6.45) is 2.17. The van der Waals surface area contributed by atoms with Crippen LogP contribution >= 0.6 is 0 Å². The van der Waals surface area contributed by atoms with Gasteiger partial charge in [-0.2, -0.15) is 5.10 Å². The van der Waals surface area contributed by atoms with Crippen molar-refractivity contribution >= 4 is 5.91 Å². The Labute approximate surface area is 106 Å². The number of nitrogens with zero attached hydrogens (tertiary/aromatic N) is 2. The van der Waals surface area contributed by atoms with Crippen molar-refractivity contribution in [2.75, 3.05) is 13.6 Å². The second-order valence-electron chi connectivity index (χ2n) is 4.89. The number of primary amides is 1. The van der Waals surface area contributed by atoms with Crippen LogP contribution in [-0.4, -0.2) is 35.4 Å². The molecule has 0 aromatic carbocycles. The highest BCUT2D eigenvalue weighted by Gasteiger charge is 2.32. The highest BCUT2D eigenvalue weighted by molar-refractivity contribution is 5.96. The van der Waals surface area contributed by atoms with Gasteiger partial charge in [0.25, 0.3) is 5.91 Å². The van der Waals surface area contributed by atoms with Gasteiger partial charge in [-0.25, -0.2) is 4.68 Å². The summed E-state index contributed by atoms with van der Waals surface area (Å²) in [7, 11) is 3.71. The van der Waals surface area contributed by atoms with Gasteiger partial charge in [-0.15, -0.1) is 0 Å². The van der Waals surface area contributed by atoms with E-state index in [1.54, 1.807) is 18.7 Å². The molecule has 1 aromatic heterocycles. The van der Waals surface area contributed by atoms with E-state index in [1.807, 2.05) is 7.05 Å². The van der Waals surface area contributed by atoms with Crippen molar-refractivity contribution in [3.05, 3.63) is 11.3 Å². The zero-order valence-electron chi connectivity index (χ0n) is 11.1. The first-order valence-electron chi connectivity index (χ1n) is 6.17. The van der Waals surface area contributed by atoms with Gasteiger partial charge >= 0.3 is 0 Å². The van der Waals surface area contributed by atoms with Crippen LogP contribution in [-0.2, 0) is 7.05 Å². The lowest BCUT2D eigenvalue weighted by molar-refractivity contribution is 0.0567. The van der Waals surface area contributed by atoms with Gasteiger partial charge in [0.1, 0.15) is 11.7 Å². The summed E-state index contributed by atoms with van der Waals surface area (Å²) >= 11 is 0. The third kappa shape index (κ3) is 2.33. The number of amides is 1. The van der Waals surface area contributed by atoms with Crippen LogP contribution in [0.15, 0.2) is 0 Å². The minimum Gasteiger partial charge on any atom is -0.474 e. The Morgan fingerprint density at radius 1 is 1.61 bits per heavy atom. The van der Waals surface area contributed by atoms with Crippen LogP contribution < -0.4 is 15.8 Å². The van der Waals surface area contributed by atoms with Crippen molar-refractivity contribution in [2.24, 2.45) is 18.7 Å². The molecular formula is C12H20N4O2. The second kappa shape index (κ2) is 4.97. The second-order valence-corrected chi connectivity index (χ2v) is 4.89. The fourth-order valence-corrected chi connectivity index (χ4v) is 2.44. The lowest BCUT2D eigenvalue weighted by Gasteiger charge is -2.35. The van der Waals surface area contributed by atoms with Crippen molar-refractivity contribution in [2.45, 2.75) is 25.9 Å². The van der Waals surface area contributed by atoms with Crippen molar-refractivity contribution in [1.29, 1.82) is 0 Å². The van der Waals surface area contributed by atoms with E-state index in [-0.39, 0.29) is 6.10 Å². The van der Waals surface area contributed by atoms with Crippen LogP contribution in [0.2, 0.25) is 0 Å². The summed E-state index contributed by atoms with van der Waals surface area (Å²) in [6.45, 7) is 2.77. The van der Waals surface area contributed by atoms with Crippen molar-refractivity contribution in [3.8, 4) is 5.88 Å². The van der Waals surface area contributed by atoms with E-state index in [4.69, 9.17) is 10.5 Å². The summed E-state index contributed by atoms with van der Waals surface area (Å²) < 4.78 is 7.43. The third-order valence-electron chi connectivity index (χ3n) is 3.38. The quantitative estimate of drug-likeness (QED) is 0.784. The highest BCUT2D eigenvalue weighted by Crippen LogP contribution is 2.32. The Hall–Kier alpha value is -1.56. The van der Waals surface area contributed by atoms with Crippen molar-refractivity contribution in [1.82, 2.24) is 15.1 Å². The first kappa shape index (κ1) is 12.9. The zero-order valence-corrected chi connectivity index (χ0v) is 11.1. The Morgan fingerprint density at radius 3 is 2.83 bits per heavy atom. The molecule has 0 saturated heterocycles.